The van der Waals surface area contributed by atoms with Crippen molar-refractivity contribution in [1.29, 1.82) is 0 Å². The van der Waals surface area contributed by atoms with E-state index in [2.05, 4.69) is 5.32 Å². The fourth-order valence-electron chi connectivity index (χ4n) is 2.55. The lowest BCUT2D eigenvalue weighted by molar-refractivity contribution is -0.162. The van der Waals surface area contributed by atoms with Gasteiger partial charge in [0.15, 0.2) is 6.10 Å². The van der Waals surface area contributed by atoms with Gasteiger partial charge in [-0.1, -0.05) is 29.8 Å². The molecule has 6 nitrogen and oxygen atoms in total. The number of likely N-dealkylation sites (tertiary alicyclic amines) is 1. The van der Waals surface area contributed by atoms with Crippen molar-refractivity contribution in [3.05, 3.63) is 34.9 Å². The van der Waals surface area contributed by atoms with Crippen molar-refractivity contribution in [2.24, 2.45) is 0 Å². The molecular formula is C14H15ClN2O4. The Morgan fingerprint density at radius 2 is 2.10 bits per heavy atom. The largest absolute Gasteiger partial charge is 0.389 e. The molecule has 21 heavy (non-hydrogen) atoms. The van der Waals surface area contributed by atoms with Crippen LogP contribution in [0.1, 0.15) is 11.6 Å². The summed E-state index contributed by atoms with van der Waals surface area (Å²) in [6.45, 7) is 0.428. The number of aliphatic hydroxyl groups is 1. The Kier molecular flexibility index (Phi) is 3.84. The van der Waals surface area contributed by atoms with E-state index in [0.29, 0.717) is 23.7 Å². The van der Waals surface area contributed by atoms with Crippen molar-refractivity contribution in [3.63, 3.8) is 0 Å². The molecule has 0 saturated carbocycles. The van der Waals surface area contributed by atoms with Crippen LogP contribution in [-0.2, 0) is 14.3 Å². The van der Waals surface area contributed by atoms with E-state index in [1.54, 1.807) is 24.3 Å². The fraction of sp³-hybridized carbons (Fsp3) is 0.429. The quantitative estimate of drug-likeness (QED) is 0.812. The van der Waals surface area contributed by atoms with Crippen molar-refractivity contribution in [2.75, 3.05) is 19.7 Å². The summed E-state index contributed by atoms with van der Waals surface area (Å²) in [5.74, 6) is -0.530. The number of halogens is 1. The van der Waals surface area contributed by atoms with E-state index in [4.69, 9.17) is 16.3 Å². The molecule has 2 fully saturated rings. The number of benzene rings is 1. The second-order valence-electron chi connectivity index (χ2n) is 5.20. The maximum Gasteiger partial charge on any atom is 0.254 e. The zero-order chi connectivity index (χ0) is 15.0. The Bertz CT molecular complexity index is 574. The van der Waals surface area contributed by atoms with Crippen LogP contribution in [0.15, 0.2) is 24.3 Å². The SMILES string of the molecule is O=C1CO[C@H](C(=O)N2CC(O)C2)[C@@H](c2ccccc2Cl)N1. The minimum absolute atomic E-state index is 0.159. The van der Waals surface area contributed by atoms with Gasteiger partial charge in [0.25, 0.3) is 5.91 Å². The minimum Gasteiger partial charge on any atom is -0.389 e. The first kappa shape index (κ1) is 14.3. The molecule has 112 valence electrons. The van der Waals surface area contributed by atoms with Gasteiger partial charge >= 0.3 is 0 Å². The second kappa shape index (κ2) is 5.63. The summed E-state index contributed by atoms with van der Waals surface area (Å²) < 4.78 is 5.42. The predicted molar refractivity (Wildman–Crippen MR) is 74.7 cm³/mol. The highest BCUT2D eigenvalue weighted by Gasteiger charge is 2.42. The van der Waals surface area contributed by atoms with Crippen LogP contribution in [0.3, 0.4) is 0 Å². The molecule has 0 unspecified atom stereocenters. The lowest BCUT2D eigenvalue weighted by Crippen LogP contribution is -2.60. The van der Waals surface area contributed by atoms with Crippen LogP contribution in [0.25, 0.3) is 0 Å². The number of carbonyl (C=O) groups is 2. The van der Waals surface area contributed by atoms with Crippen LogP contribution in [0, 0.1) is 0 Å². The summed E-state index contributed by atoms with van der Waals surface area (Å²) in [7, 11) is 0. The number of ether oxygens (including phenoxy) is 1. The van der Waals surface area contributed by atoms with E-state index >= 15 is 0 Å². The smallest absolute Gasteiger partial charge is 0.254 e. The predicted octanol–water partition coefficient (Wildman–Crippen LogP) is 0.0992. The number of carbonyl (C=O) groups excluding carboxylic acids is 2. The van der Waals surface area contributed by atoms with Gasteiger partial charge in [0.1, 0.15) is 6.61 Å². The Labute approximate surface area is 126 Å². The zero-order valence-corrected chi connectivity index (χ0v) is 11.9. The van der Waals surface area contributed by atoms with Gasteiger partial charge in [-0.2, -0.15) is 0 Å². The molecule has 2 aliphatic heterocycles. The molecule has 0 aliphatic carbocycles. The van der Waals surface area contributed by atoms with Gasteiger partial charge in [-0.25, -0.2) is 0 Å². The molecule has 2 heterocycles. The molecule has 2 amide bonds. The average molecular weight is 311 g/mol. The monoisotopic (exact) mass is 310 g/mol. The summed E-state index contributed by atoms with van der Waals surface area (Å²) in [6.07, 6.45) is -1.30. The highest BCUT2D eigenvalue weighted by molar-refractivity contribution is 6.31. The molecule has 0 bridgehead atoms. The number of nitrogens with zero attached hydrogens (tertiary/aromatic N) is 1. The number of hydrogen-bond acceptors (Lipinski definition) is 4. The first-order chi connectivity index (χ1) is 10.1. The molecule has 2 aliphatic rings. The van der Waals surface area contributed by atoms with E-state index in [0.717, 1.165) is 0 Å². The number of hydrogen-bond donors (Lipinski definition) is 2. The third-order valence-corrected chi connectivity index (χ3v) is 4.02. The van der Waals surface area contributed by atoms with Gasteiger partial charge in [0.2, 0.25) is 5.91 Å². The molecule has 7 heteroatoms. The molecule has 2 saturated heterocycles. The number of aliphatic hydroxyl groups excluding tert-OH is 1. The molecule has 0 radical (unpaired) electrons. The van der Waals surface area contributed by atoms with Gasteiger partial charge in [-0.3, -0.25) is 9.59 Å². The number of amides is 2. The van der Waals surface area contributed by atoms with Crippen molar-refractivity contribution in [2.45, 2.75) is 18.2 Å². The summed E-state index contributed by atoms with van der Waals surface area (Å²) in [4.78, 5) is 25.5. The van der Waals surface area contributed by atoms with E-state index < -0.39 is 18.2 Å². The topological polar surface area (TPSA) is 78.9 Å². The van der Waals surface area contributed by atoms with E-state index in [1.807, 2.05) is 0 Å². The normalized spacial score (nSPS) is 26.2. The number of morpholine rings is 1. The number of nitrogens with one attached hydrogen (secondary N) is 1. The lowest BCUT2D eigenvalue weighted by Gasteiger charge is -2.41. The summed E-state index contributed by atoms with van der Waals surface area (Å²) in [5, 5.41) is 12.5. The summed E-state index contributed by atoms with van der Waals surface area (Å²) >= 11 is 6.15. The van der Waals surface area contributed by atoms with Gasteiger partial charge in [-0.15, -0.1) is 0 Å². The number of rotatable bonds is 2. The average Bonchev–Trinajstić information content (AvgIpc) is 2.44. The Morgan fingerprint density at radius 3 is 2.76 bits per heavy atom. The standard InChI is InChI=1S/C14H15ClN2O4/c15-10-4-2-1-3-9(10)12-13(21-7-11(19)16-12)14(20)17-5-8(18)6-17/h1-4,8,12-13,18H,5-7H2,(H,16,19)/t12-,13+/m1/s1. The first-order valence-electron chi connectivity index (χ1n) is 6.68. The van der Waals surface area contributed by atoms with Gasteiger partial charge in [0.05, 0.1) is 12.1 Å². The summed E-state index contributed by atoms with van der Waals surface area (Å²) in [6, 6.07) is 6.40. The Hall–Kier alpha value is -1.63. The van der Waals surface area contributed by atoms with Crippen molar-refractivity contribution in [1.82, 2.24) is 10.2 Å². The third-order valence-electron chi connectivity index (χ3n) is 3.67. The molecule has 1 aromatic rings. The Morgan fingerprint density at radius 1 is 1.38 bits per heavy atom. The first-order valence-corrected chi connectivity index (χ1v) is 7.06. The van der Waals surface area contributed by atoms with Crippen LogP contribution in [-0.4, -0.2) is 53.7 Å². The maximum absolute atomic E-state index is 12.4. The molecule has 0 spiro atoms. The highest BCUT2D eigenvalue weighted by Crippen LogP contribution is 2.30. The van der Waals surface area contributed by atoms with Crippen LogP contribution in [0.2, 0.25) is 5.02 Å². The van der Waals surface area contributed by atoms with Crippen molar-refractivity contribution >= 4 is 23.4 Å². The van der Waals surface area contributed by atoms with Crippen LogP contribution in [0.4, 0.5) is 0 Å². The van der Waals surface area contributed by atoms with E-state index in [1.165, 1.54) is 4.90 Å². The second-order valence-corrected chi connectivity index (χ2v) is 5.60. The minimum atomic E-state index is -0.824. The maximum atomic E-state index is 12.4. The molecule has 2 atom stereocenters. The zero-order valence-electron chi connectivity index (χ0n) is 11.2. The van der Waals surface area contributed by atoms with Crippen LogP contribution < -0.4 is 5.32 Å². The van der Waals surface area contributed by atoms with Gasteiger partial charge in [-0.05, 0) is 11.6 Å². The molecule has 2 N–H and O–H groups in total. The third kappa shape index (κ3) is 2.74. The van der Waals surface area contributed by atoms with Crippen LogP contribution in [0.5, 0.6) is 0 Å². The fourth-order valence-corrected chi connectivity index (χ4v) is 2.80. The molecule has 1 aromatic carbocycles. The lowest BCUT2D eigenvalue weighted by atomic mass is 9.97. The van der Waals surface area contributed by atoms with Gasteiger partial charge in [0, 0.05) is 18.1 Å². The molecular weight excluding hydrogens is 296 g/mol. The van der Waals surface area contributed by atoms with E-state index in [9.17, 15) is 14.7 Å². The molecule has 3 rings (SSSR count). The van der Waals surface area contributed by atoms with E-state index in [-0.39, 0.29) is 18.4 Å². The highest BCUT2D eigenvalue weighted by atomic mass is 35.5. The van der Waals surface area contributed by atoms with Gasteiger partial charge < -0.3 is 20.1 Å². The molecule has 0 aromatic heterocycles. The van der Waals surface area contributed by atoms with Crippen LogP contribution >= 0.6 is 11.6 Å². The number of β-amino-alcohol motifs (C(OH)–C–C–N with tert-alkyl or cyclic N) is 1. The Balaban J connectivity index is 1.85. The van der Waals surface area contributed by atoms with Crippen molar-refractivity contribution < 1.29 is 19.4 Å². The van der Waals surface area contributed by atoms with Crippen molar-refractivity contribution in [3.8, 4) is 0 Å². The summed E-state index contributed by atoms with van der Waals surface area (Å²) in [5.41, 5.74) is 0.645.